The largest absolute Gasteiger partial charge is 0.480 e. The highest BCUT2D eigenvalue weighted by atomic mass is 79.9. The molecule has 1 amide bonds. The zero-order valence-corrected chi connectivity index (χ0v) is 12.6. The number of carboxylic acid groups (broad SMARTS) is 1. The highest BCUT2D eigenvalue weighted by Gasteiger charge is 2.23. The molecule has 0 saturated heterocycles. The summed E-state index contributed by atoms with van der Waals surface area (Å²) in [5.74, 6) is -2.10. The quantitative estimate of drug-likeness (QED) is 0.727. The number of carbonyl (C=O) groups is 2. The lowest BCUT2D eigenvalue weighted by Crippen LogP contribution is -2.42. The molecule has 0 heterocycles. The average Bonchev–Trinajstić information content (AvgIpc) is 2.35. The standard InChI is InChI=1S/C12H12BrF2NO3S/c13-7-2-1-3-8(4-7)20-6-11(17)16-9(12(18)19)5-10(14)15/h1-4,9-10H,5-6H2,(H,16,17)(H,18,19). The first-order valence-electron chi connectivity index (χ1n) is 5.57. The van der Waals surface area contributed by atoms with E-state index in [-0.39, 0.29) is 5.75 Å². The third kappa shape index (κ3) is 6.33. The summed E-state index contributed by atoms with van der Waals surface area (Å²) < 4.78 is 25.2. The Hall–Kier alpha value is -1.15. The maximum Gasteiger partial charge on any atom is 0.326 e. The molecule has 0 aliphatic carbocycles. The lowest BCUT2D eigenvalue weighted by molar-refractivity contribution is -0.142. The molecule has 1 unspecified atom stereocenters. The molecule has 1 aromatic carbocycles. The zero-order chi connectivity index (χ0) is 15.1. The molecular weight excluding hydrogens is 356 g/mol. The van der Waals surface area contributed by atoms with Gasteiger partial charge in [-0.25, -0.2) is 13.6 Å². The number of benzene rings is 1. The van der Waals surface area contributed by atoms with Gasteiger partial charge >= 0.3 is 5.97 Å². The Bertz CT molecular complexity index is 488. The number of carboxylic acids is 1. The van der Waals surface area contributed by atoms with Gasteiger partial charge in [-0.2, -0.15) is 0 Å². The molecule has 1 rings (SSSR count). The van der Waals surface area contributed by atoms with Crippen LogP contribution in [0.4, 0.5) is 8.78 Å². The van der Waals surface area contributed by atoms with Gasteiger partial charge in [-0.05, 0) is 18.2 Å². The Labute approximate surface area is 127 Å². The fraction of sp³-hybridized carbons (Fsp3) is 0.333. The van der Waals surface area contributed by atoms with E-state index in [1.54, 1.807) is 18.2 Å². The summed E-state index contributed by atoms with van der Waals surface area (Å²) in [4.78, 5) is 23.1. The van der Waals surface area contributed by atoms with Crippen LogP contribution >= 0.6 is 27.7 Å². The molecule has 110 valence electrons. The first-order chi connectivity index (χ1) is 9.38. The number of halogens is 3. The molecule has 0 aliphatic heterocycles. The molecule has 0 aliphatic rings. The summed E-state index contributed by atoms with van der Waals surface area (Å²) in [7, 11) is 0. The van der Waals surface area contributed by atoms with E-state index in [4.69, 9.17) is 5.11 Å². The van der Waals surface area contributed by atoms with Crippen molar-refractivity contribution >= 4 is 39.6 Å². The molecule has 8 heteroatoms. The molecule has 4 nitrogen and oxygen atoms in total. The molecule has 1 aromatic rings. The zero-order valence-electron chi connectivity index (χ0n) is 10.2. The summed E-state index contributed by atoms with van der Waals surface area (Å²) >= 11 is 4.47. The molecule has 0 saturated carbocycles. The van der Waals surface area contributed by atoms with Crippen LogP contribution in [0.2, 0.25) is 0 Å². The highest BCUT2D eigenvalue weighted by molar-refractivity contribution is 9.10. The third-order valence-electron chi connectivity index (χ3n) is 2.21. The minimum absolute atomic E-state index is 0.0382. The van der Waals surface area contributed by atoms with Crippen LogP contribution in [0.1, 0.15) is 6.42 Å². The number of hydrogen-bond donors (Lipinski definition) is 2. The number of hydrogen-bond acceptors (Lipinski definition) is 3. The van der Waals surface area contributed by atoms with Gasteiger partial charge in [0.1, 0.15) is 6.04 Å². The van der Waals surface area contributed by atoms with Crippen LogP contribution in [0.5, 0.6) is 0 Å². The topological polar surface area (TPSA) is 66.4 Å². The Balaban J connectivity index is 2.47. The molecule has 20 heavy (non-hydrogen) atoms. The molecule has 0 spiro atoms. The van der Waals surface area contributed by atoms with E-state index >= 15 is 0 Å². The fourth-order valence-corrected chi connectivity index (χ4v) is 2.66. The number of carbonyl (C=O) groups excluding carboxylic acids is 1. The second-order valence-corrected chi connectivity index (χ2v) is 5.80. The summed E-state index contributed by atoms with van der Waals surface area (Å²) in [6, 6.07) is 5.64. The number of amides is 1. The van der Waals surface area contributed by atoms with Crippen molar-refractivity contribution in [2.75, 3.05) is 5.75 Å². The third-order valence-corrected chi connectivity index (χ3v) is 3.70. The van der Waals surface area contributed by atoms with Gasteiger partial charge in [0.05, 0.1) is 5.75 Å². The number of nitrogens with one attached hydrogen (secondary N) is 1. The first kappa shape index (κ1) is 16.9. The van der Waals surface area contributed by atoms with Crippen LogP contribution in [0, 0.1) is 0 Å². The summed E-state index contributed by atoms with van der Waals surface area (Å²) in [5, 5.41) is 10.8. The maximum absolute atomic E-state index is 12.2. The van der Waals surface area contributed by atoms with Crippen molar-refractivity contribution in [2.24, 2.45) is 0 Å². The smallest absolute Gasteiger partial charge is 0.326 e. The van der Waals surface area contributed by atoms with Crippen molar-refractivity contribution in [3.8, 4) is 0 Å². The van der Waals surface area contributed by atoms with E-state index < -0.39 is 30.8 Å². The predicted molar refractivity (Wildman–Crippen MR) is 75.1 cm³/mol. The number of aliphatic carboxylic acids is 1. The van der Waals surface area contributed by atoms with Crippen LogP contribution < -0.4 is 5.32 Å². The second kappa shape index (κ2) is 8.21. The maximum atomic E-state index is 12.2. The van der Waals surface area contributed by atoms with Crippen LogP contribution in [-0.2, 0) is 9.59 Å². The predicted octanol–water partition coefficient (Wildman–Crippen LogP) is 2.77. The molecule has 1 atom stereocenters. The SMILES string of the molecule is O=C(CSc1cccc(Br)c1)NC(CC(F)F)C(=O)O. The number of alkyl halides is 2. The van der Waals surface area contributed by atoms with E-state index in [9.17, 15) is 18.4 Å². The van der Waals surface area contributed by atoms with E-state index in [1.165, 1.54) is 11.8 Å². The van der Waals surface area contributed by atoms with Gasteiger partial charge in [-0.15, -0.1) is 11.8 Å². The highest BCUT2D eigenvalue weighted by Crippen LogP contribution is 2.21. The van der Waals surface area contributed by atoms with E-state index in [0.717, 1.165) is 9.37 Å². The van der Waals surface area contributed by atoms with Gasteiger partial charge in [-0.3, -0.25) is 4.79 Å². The Morgan fingerprint density at radius 1 is 1.40 bits per heavy atom. The fourth-order valence-electron chi connectivity index (χ4n) is 1.34. The monoisotopic (exact) mass is 367 g/mol. The van der Waals surface area contributed by atoms with Crippen LogP contribution in [-0.4, -0.2) is 35.2 Å². The summed E-state index contributed by atoms with van der Waals surface area (Å²) in [5.41, 5.74) is 0. The molecular formula is C12H12BrF2NO3S. The molecule has 0 aromatic heterocycles. The average molecular weight is 368 g/mol. The van der Waals surface area contributed by atoms with Crippen molar-refractivity contribution in [1.29, 1.82) is 0 Å². The van der Waals surface area contributed by atoms with Crippen LogP contribution in [0.15, 0.2) is 33.6 Å². The van der Waals surface area contributed by atoms with Crippen LogP contribution in [0.3, 0.4) is 0 Å². The van der Waals surface area contributed by atoms with Crippen LogP contribution in [0.25, 0.3) is 0 Å². The Kier molecular flexibility index (Phi) is 6.94. The molecule has 0 bridgehead atoms. The van der Waals surface area contributed by atoms with E-state index in [1.807, 2.05) is 6.07 Å². The van der Waals surface area contributed by atoms with E-state index in [0.29, 0.717) is 0 Å². The van der Waals surface area contributed by atoms with Crippen molar-refractivity contribution in [2.45, 2.75) is 23.8 Å². The van der Waals surface area contributed by atoms with Crippen molar-refractivity contribution < 1.29 is 23.5 Å². The Morgan fingerprint density at radius 3 is 2.65 bits per heavy atom. The summed E-state index contributed by atoms with van der Waals surface area (Å²) in [6.45, 7) is 0. The van der Waals surface area contributed by atoms with Gasteiger partial charge in [0, 0.05) is 15.8 Å². The van der Waals surface area contributed by atoms with Crippen molar-refractivity contribution in [1.82, 2.24) is 5.32 Å². The Morgan fingerprint density at radius 2 is 2.10 bits per heavy atom. The normalized spacial score (nSPS) is 12.2. The lowest BCUT2D eigenvalue weighted by atomic mass is 10.2. The van der Waals surface area contributed by atoms with Gasteiger partial charge in [0.25, 0.3) is 0 Å². The van der Waals surface area contributed by atoms with Crippen molar-refractivity contribution in [3.05, 3.63) is 28.7 Å². The summed E-state index contributed by atoms with van der Waals surface area (Å²) in [6.07, 6.45) is -3.68. The minimum Gasteiger partial charge on any atom is -0.480 e. The van der Waals surface area contributed by atoms with Crippen molar-refractivity contribution in [3.63, 3.8) is 0 Å². The van der Waals surface area contributed by atoms with Gasteiger partial charge in [0.2, 0.25) is 12.3 Å². The second-order valence-electron chi connectivity index (χ2n) is 3.83. The molecule has 0 radical (unpaired) electrons. The number of thioether (sulfide) groups is 1. The molecule has 2 N–H and O–H groups in total. The van der Waals surface area contributed by atoms with Gasteiger partial charge < -0.3 is 10.4 Å². The minimum atomic E-state index is -2.78. The lowest BCUT2D eigenvalue weighted by Gasteiger charge is -2.13. The first-order valence-corrected chi connectivity index (χ1v) is 7.35. The van der Waals surface area contributed by atoms with Gasteiger partial charge in [-0.1, -0.05) is 22.0 Å². The van der Waals surface area contributed by atoms with E-state index in [2.05, 4.69) is 21.2 Å². The number of rotatable bonds is 7. The van der Waals surface area contributed by atoms with Gasteiger partial charge in [0.15, 0.2) is 0 Å². The molecule has 0 fully saturated rings.